The molecule has 0 aliphatic rings. The van der Waals surface area contributed by atoms with Crippen LogP contribution in [0, 0.1) is 0 Å². The third kappa shape index (κ3) is 3.54. The maximum Gasteiger partial charge on any atom is 0.255 e. The molecule has 1 N–H and O–H groups in total. The van der Waals surface area contributed by atoms with Crippen molar-refractivity contribution in [2.45, 2.75) is 6.61 Å². The van der Waals surface area contributed by atoms with Gasteiger partial charge in [-0.05, 0) is 36.4 Å². The normalized spacial score (nSPS) is 10.6. The number of aromatic nitrogens is 3. The summed E-state index contributed by atoms with van der Waals surface area (Å²) in [6.07, 6.45) is 7.05. The van der Waals surface area contributed by atoms with E-state index >= 15 is 0 Å². The number of carbonyl (C=O) groups excluding carboxylic acids is 1. The molecule has 0 spiro atoms. The lowest BCUT2D eigenvalue weighted by molar-refractivity contribution is 0.102. The number of pyridine rings is 2. The fraction of sp³-hybridized carbons (Fsp3) is 0.0500. The standard InChI is InChI=1S/C20H16N4O2/c25-20(15-7-9-21-10-8-15)23-16-4-3-5-18(12-16)26-14-17-13-24-11-2-1-6-19(24)22-17/h1-13H,14H2,(H,23,25). The third-order valence-electron chi connectivity index (χ3n) is 3.84. The van der Waals surface area contributed by atoms with Crippen LogP contribution in [0.2, 0.25) is 0 Å². The van der Waals surface area contributed by atoms with Crippen LogP contribution in [0.5, 0.6) is 5.75 Å². The average molecular weight is 344 g/mol. The van der Waals surface area contributed by atoms with E-state index in [0.29, 0.717) is 23.6 Å². The van der Waals surface area contributed by atoms with Gasteiger partial charge in [-0.1, -0.05) is 12.1 Å². The summed E-state index contributed by atoms with van der Waals surface area (Å²) in [6.45, 7) is 0.351. The molecule has 4 rings (SSSR count). The largest absolute Gasteiger partial charge is 0.487 e. The highest BCUT2D eigenvalue weighted by Crippen LogP contribution is 2.19. The average Bonchev–Trinajstić information content (AvgIpc) is 3.10. The number of hydrogen-bond donors (Lipinski definition) is 1. The van der Waals surface area contributed by atoms with Gasteiger partial charge in [0, 0.05) is 42.1 Å². The lowest BCUT2D eigenvalue weighted by Gasteiger charge is -2.08. The van der Waals surface area contributed by atoms with Gasteiger partial charge in [0.1, 0.15) is 18.0 Å². The van der Waals surface area contributed by atoms with Gasteiger partial charge in [-0.25, -0.2) is 4.98 Å². The summed E-state index contributed by atoms with van der Waals surface area (Å²) in [6, 6.07) is 16.5. The van der Waals surface area contributed by atoms with Crippen LogP contribution in [-0.2, 0) is 6.61 Å². The smallest absolute Gasteiger partial charge is 0.255 e. The SMILES string of the molecule is O=C(Nc1cccc(OCc2cn3ccccc3n2)c1)c1ccncc1. The highest BCUT2D eigenvalue weighted by atomic mass is 16.5. The third-order valence-corrected chi connectivity index (χ3v) is 3.84. The summed E-state index contributed by atoms with van der Waals surface area (Å²) in [5.74, 6) is 0.472. The van der Waals surface area contributed by atoms with Crippen LogP contribution in [0.15, 0.2) is 79.4 Å². The van der Waals surface area contributed by atoms with Crippen molar-refractivity contribution in [1.29, 1.82) is 0 Å². The molecule has 1 amide bonds. The van der Waals surface area contributed by atoms with Gasteiger partial charge in [0.25, 0.3) is 5.91 Å². The molecule has 0 unspecified atom stereocenters. The molecule has 0 saturated heterocycles. The number of carbonyl (C=O) groups is 1. The Kier molecular flexibility index (Phi) is 4.30. The summed E-state index contributed by atoms with van der Waals surface area (Å²) in [7, 11) is 0. The quantitative estimate of drug-likeness (QED) is 0.601. The molecule has 128 valence electrons. The van der Waals surface area contributed by atoms with Gasteiger partial charge in [0.05, 0.1) is 5.69 Å². The first-order chi connectivity index (χ1) is 12.8. The first-order valence-electron chi connectivity index (χ1n) is 8.15. The van der Waals surface area contributed by atoms with Crippen LogP contribution < -0.4 is 10.1 Å². The second kappa shape index (κ2) is 7.06. The van der Waals surface area contributed by atoms with Crippen molar-refractivity contribution in [3.63, 3.8) is 0 Å². The Hall–Kier alpha value is -3.67. The maximum absolute atomic E-state index is 12.2. The molecule has 0 atom stereocenters. The maximum atomic E-state index is 12.2. The summed E-state index contributed by atoms with van der Waals surface area (Å²) < 4.78 is 7.76. The van der Waals surface area contributed by atoms with Crippen LogP contribution in [0.25, 0.3) is 5.65 Å². The molecule has 1 aromatic carbocycles. The molecule has 0 aliphatic heterocycles. The number of benzene rings is 1. The van der Waals surface area contributed by atoms with E-state index in [2.05, 4.69) is 15.3 Å². The van der Waals surface area contributed by atoms with E-state index in [0.717, 1.165) is 11.3 Å². The highest BCUT2D eigenvalue weighted by Gasteiger charge is 2.07. The minimum atomic E-state index is -0.190. The lowest BCUT2D eigenvalue weighted by Crippen LogP contribution is -2.11. The predicted molar refractivity (Wildman–Crippen MR) is 98.2 cm³/mol. The van der Waals surface area contributed by atoms with Crippen molar-refractivity contribution in [3.8, 4) is 5.75 Å². The molecular weight excluding hydrogens is 328 g/mol. The molecule has 0 fully saturated rings. The van der Waals surface area contributed by atoms with Crippen molar-refractivity contribution in [3.05, 3.63) is 90.6 Å². The van der Waals surface area contributed by atoms with E-state index in [4.69, 9.17) is 4.74 Å². The Balaban J connectivity index is 1.43. The first-order valence-corrected chi connectivity index (χ1v) is 8.15. The number of rotatable bonds is 5. The topological polar surface area (TPSA) is 68.5 Å². The Morgan fingerprint density at radius 2 is 1.96 bits per heavy atom. The zero-order valence-corrected chi connectivity index (χ0v) is 13.9. The Morgan fingerprint density at radius 3 is 2.81 bits per heavy atom. The van der Waals surface area contributed by atoms with Gasteiger partial charge in [-0.3, -0.25) is 9.78 Å². The summed E-state index contributed by atoms with van der Waals surface area (Å²) in [4.78, 5) is 20.6. The predicted octanol–water partition coefficient (Wildman–Crippen LogP) is 3.56. The zero-order chi connectivity index (χ0) is 17.8. The minimum Gasteiger partial charge on any atom is -0.487 e. The van der Waals surface area contributed by atoms with E-state index in [1.807, 2.05) is 53.2 Å². The first kappa shape index (κ1) is 15.8. The summed E-state index contributed by atoms with van der Waals surface area (Å²) >= 11 is 0. The number of nitrogens with zero attached hydrogens (tertiary/aromatic N) is 3. The Bertz CT molecular complexity index is 1010. The van der Waals surface area contributed by atoms with Crippen LogP contribution in [-0.4, -0.2) is 20.3 Å². The van der Waals surface area contributed by atoms with Crippen LogP contribution >= 0.6 is 0 Å². The van der Waals surface area contributed by atoms with E-state index < -0.39 is 0 Å². The number of amides is 1. The van der Waals surface area contributed by atoms with Crippen molar-refractivity contribution >= 4 is 17.2 Å². The fourth-order valence-corrected chi connectivity index (χ4v) is 2.58. The monoisotopic (exact) mass is 344 g/mol. The molecule has 4 aromatic rings. The number of anilines is 1. The molecule has 0 radical (unpaired) electrons. The van der Waals surface area contributed by atoms with Gasteiger partial charge in [-0.2, -0.15) is 0 Å². The number of imidazole rings is 1. The van der Waals surface area contributed by atoms with Crippen molar-refractivity contribution in [1.82, 2.24) is 14.4 Å². The van der Waals surface area contributed by atoms with Crippen LogP contribution in [0.3, 0.4) is 0 Å². The zero-order valence-electron chi connectivity index (χ0n) is 13.9. The molecule has 0 bridgehead atoms. The van der Waals surface area contributed by atoms with Crippen molar-refractivity contribution in [2.75, 3.05) is 5.32 Å². The molecule has 0 saturated carbocycles. The van der Waals surface area contributed by atoms with Gasteiger partial charge in [0.2, 0.25) is 0 Å². The Morgan fingerprint density at radius 1 is 1.08 bits per heavy atom. The number of hydrogen-bond acceptors (Lipinski definition) is 4. The molecule has 6 heteroatoms. The second-order valence-electron chi connectivity index (χ2n) is 5.70. The van der Waals surface area contributed by atoms with E-state index in [9.17, 15) is 4.79 Å². The molecule has 3 aromatic heterocycles. The number of nitrogens with one attached hydrogen (secondary N) is 1. The van der Waals surface area contributed by atoms with Crippen LogP contribution in [0.1, 0.15) is 16.1 Å². The van der Waals surface area contributed by atoms with Gasteiger partial charge in [0.15, 0.2) is 0 Å². The minimum absolute atomic E-state index is 0.190. The highest BCUT2D eigenvalue weighted by molar-refractivity contribution is 6.04. The van der Waals surface area contributed by atoms with Gasteiger partial charge < -0.3 is 14.5 Å². The van der Waals surface area contributed by atoms with Gasteiger partial charge in [-0.15, -0.1) is 0 Å². The number of ether oxygens (including phenoxy) is 1. The molecule has 26 heavy (non-hydrogen) atoms. The lowest BCUT2D eigenvalue weighted by atomic mass is 10.2. The van der Waals surface area contributed by atoms with E-state index in [1.54, 1.807) is 30.6 Å². The fourth-order valence-electron chi connectivity index (χ4n) is 2.58. The van der Waals surface area contributed by atoms with Crippen molar-refractivity contribution in [2.24, 2.45) is 0 Å². The summed E-state index contributed by atoms with van der Waals surface area (Å²) in [5, 5.41) is 2.85. The van der Waals surface area contributed by atoms with Crippen molar-refractivity contribution < 1.29 is 9.53 Å². The molecular formula is C20H16N4O2. The van der Waals surface area contributed by atoms with E-state index in [1.165, 1.54) is 0 Å². The number of fused-ring (bicyclic) bond motifs is 1. The Labute approximate surface area is 150 Å². The molecule has 0 aliphatic carbocycles. The van der Waals surface area contributed by atoms with Crippen LogP contribution in [0.4, 0.5) is 5.69 Å². The van der Waals surface area contributed by atoms with E-state index in [-0.39, 0.29) is 5.91 Å². The second-order valence-corrected chi connectivity index (χ2v) is 5.70. The van der Waals surface area contributed by atoms with Gasteiger partial charge >= 0.3 is 0 Å². The summed E-state index contributed by atoms with van der Waals surface area (Å²) in [5.41, 5.74) is 2.93. The molecule has 6 nitrogen and oxygen atoms in total. The molecule has 3 heterocycles.